The molecule has 2 heterocycles. The van der Waals surface area contributed by atoms with Crippen LogP contribution in [0.3, 0.4) is 0 Å². The summed E-state index contributed by atoms with van der Waals surface area (Å²) in [6, 6.07) is 10.5. The number of pyridine rings is 1. The molecule has 0 unspecified atom stereocenters. The zero-order valence-corrected chi connectivity index (χ0v) is 13.1. The zero-order valence-electron chi connectivity index (χ0n) is 11.5. The molecule has 5 heteroatoms. The topological polar surface area (TPSA) is 25.4 Å². The summed E-state index contributed by atoms with van der Waals surface area (Å²) in [5.74, 6) is 3.95. The molecule has 1 aliphatic heterocycles. The van der Waals surface area contributed by atoms with Crippen LogP contribution in [0.1, 0.15) is 5.56 Å². The van der Waals surface area contributed by atoms with Crippen LogP contribution in [0.25, 0.3) is 0 Å². The Morgan fingerprint density at radius 1 is 1.35 bits per heavy atom. The van der Waals surface area contributed by atoms with Crippen LogP contribution in [0, 0.1) is 0 Å². The van der Waals surface area contributed by atoms with Crippen molar-refractivity contribution < 1.29 is 4.74 Å². The maximum Gasteiger partial charge on any atom is 0.142 e. The van der Waals surface area contributed by atoms with Crippen LogP contribution in [0.2, 0.25) is 0 Å². The lowest BCUT2D eigenvalue weighted by molar-refractivity contribution is 0.414. The Labute approximate surface area is 127 Å². The first kappa shape index (κ1) is 13.6. The molecule has 0 spiro atoms. The van der Waals surface area contributed by atoms with E-state index in [0.29, 0.717) is 0 Å². The van der Waals surface area contributed by atoms with Gasteiger partial charge in [0.2, 0.25) is 0 Å². The number of fused-ring (bicyclic) bond motifs is 1. The van der Waals surface area contributed by atoms with Crippen LogP contribution in [-0.4, -0.2) is 25.0 Å². The second-order valence-electron chi connectivity index (χ2n) is 4.60. The summed E-state index contributed by atoms with van der Waals surface area (Å²) in [4.78, 5) is 9.23. The van der Waals surface area contributed by atoms with Gasteiger partial charge in [-0.15, -0.1) is 23.5 Å². The van der Waals surface area contributed by atoms with Gasteiger partial charge >= 0.3 is 0 Å². The summed E-state index contributed by atoms with van der Waals surface area (Å²) in [5, 5.41) is 0. The summed E-state index contributed by atoms with van der Waals surface area (Å²) < 4.78 is 5.17. The molecule has 1 aliphatic rings. The minimum absolute atomic E-state index is 0.900. The Bertz CT molecular complexity index is 601. The molecular weight excluding hydrogens is 288 g/mol. The zero-order chi connectivity index (χ0) is 13.9. The van der Waals surface area contributed by atoms with E-state index in [1.54, 1.807) is 7.11 Å². The first-order chi connectivity index (χ1) is 9.76. The molecule has 1 aromatic heterocycles. The van der Waals surface area contributed by atoms with Crippen molar-refractivity contribution in [3.8, 4) is 5.75 Å². The molecule has 0 saturated heterocycles. The highest BCUT2D eigenvalue weighted by molar-refractivity contribution is 8.00. The fourth-order valence-electron chi connectivity index (χ4n) is 2.01. The Hall–Kier alpha value is -1.33. The summed E-state index contributed by atoms with van der Waals surface area (Å²) >= 11 is 3.67. The van der Waals surface area contributed by atoms with Crippen LogP contribution in [0.5, 0.6) is 5.75 Å². The number of ether oxygens (including phenoxy) is 1. The van der Waals surface area contributed by atoms with Crippen molar-refractivity contribution in [2.75, 3.05) is 24.9 Å². The van der Waals surface area contributed by atoms with Gasteiger partial charge in [-0.2, -0.15) is 0 Å². The fourth-order valence-corrected chi connectivity index (χ4v) is 3.94. The summed E-state index contributed by atoms with van der Waals surface area (Å²) in [5.41, 5.74) is 1.29. The van der Waals surface area contributed by atoms with Gasteiger partial charge in [-0.05, 0) is 23.8 Å². The van der Waals surface area contributed by atoms with Crippen LogP contribution in [0.15, 0.2) is 46.3 Å². The predicted octanol–water partition coefficient (Wildman–Crippen LogP) is 3.88. The molecule has 20 heavy (non-hydrogen) atoms. The van der Waals surface area contributed by atoms with E-state index in [1.165, 1.54) is 15.4 Å². The number of benzene rings is 1. The van der Waals surface area contributed by atoms with E-state index in [4.69, 9.17) is 4.74 Å². The molecule has 0 atom stereocenters. The van der Waals surface area contributed by atoms with Crippen molar-refractivity contribution in [1.82, 2.24) is 4.98 Å². The molecule has 3 nitrogen and oxygen atoms in total. The minimum atomic E-state index is 0.900. The summed E-state index contributed by atoms with van der Waals surface area (Å²) in [6.45, 7) is 0. The number of hydrogen-bond donors (Lipinski definition) is 0. The van der Waals surface area contributed by atoms with Gasteiger partial charge in [-0.25, -0.2) is 4.98 Å². The van der Waals surface area contributed by atoms with Crippen molar-refractivity contribution in [2.45, 2.75) is 15.5 Å². The third-order valence-corrected chi connectivity index (χ3v) is 5.31. The number of methoxy groups -OCH3 is 1. The largest absolute Gasteiger partial charge is 0.497 e. The molecular formula is C15H16N2OS2. The summed E-state index contributed by atoms with van der Waals surface area (Å²) in [7, 11) is 3.77. The number of aromatic nitrogens is 1. The second-order valence-corrected chi connectivity index (χ2v) is 6.64. The lowest BCUT2D eigenvalue weighted by Crippen LogP contribution is -2.11. The average Bonchev–Trinajstić information content (AvgIpc) is 2.87. The number of thioether (sulfide) groups is 2. The Morgan fingerprint density at radius 2 is 2.15 bits per heavy atom. The first-order valence-electron chi connectivity index (χ1n) is 6.36. The molecule has 0 radical (unpaired) electrons. The molecule has 3 rings (SSSR count). The van der Waals surface area contributed by atoms with Gasteiger partial charge in [-0.3, -0.25) is 0 Å². The maximum absolute atomic E-state index is 5.17. The van der Waals surface area contributed by atoms with Crippen molar-refractivity contribution in [2.24, 2.45) is 0 Å². The number of hydrogen-bond acceptors (Lipinski definition) is 5. The second kappa shape index (κ2) is 5.97. The molecule has 2 aromatic rings. The standard InChI is InChI=1S/C15H16N2OS2/c1-17-10-20-14-7-13(8-16-15(14)17)19-9-11-3-5-12(18-2)6-4-11/h3-8H,9-10H2,1-2H3. The van der Waals surface area contributed by atoms with Gasteiger partial charge < -0.3 is 9.64 Å². The average molecular weight is 304 g/mol. The molecule has 0 fully saturated rings. The van der Waals surface area contributed by atoms with Gasteiger partial charge in [0, 0.05) is 23.9 Å². The van der Waals surface area contributed by atoms with Gasteiger partial charge in [0.15, 0.2) is 0 Å². The first-order valence-corrected chi connectivity index (χ1v) is 8.33. The molecule has 0 N–H and O–H groups in total. The van der Waals surface area contributed by atoms with Gasteiger partial charge in [0.1, 0.15) is 11.6 Å². The van der Waals surface area contributed by atoms with Crippen molar-refractivity contribution in [3.05, 3.63) is 42.1 Å². The monoisotopic (exact) mass is 304 g/mol. The van der Waals surface area contributed by atoms with Gasteiger partial charge in [0.05, 0.1) is 17.9 Å². The van der Waals surface area contributed by atoms with E-state index in [1.807, 2.05) is 41.9 Å². The Morgan fingerprint density at radius 3 is 2.90 bits per heavy atom. The molecule has 0 saturated carbocycles. The SMILES string of the molecule is COc1ccc(CSc2cnc3c(c2)SCN3C)cc1. The van der Waals surface area contributed by atoms with E-state index >= 15 is 0 Å². The number of anilines is 1. The van der Waals surface area contributed by atoms with Crippen LogP contribution >= 0.6 is 23.5 Å². The normalized spacial score (nSPS) is 13.4. The third kappa shape index (κ3) is 2.88. The molecule has 1 aromatic carbocycles. The highest BCUT2D eigenvalue weighted by Gasteiger charge is 2.17. The molecule has 0 aliphatic carbocycles. The van der Waals surface area contributed by atoms with Gasteiger partial charge in [-0.1, -0.05) is 12.1 Å². The lowest BCUT2D eigenvalue weighted by Gasteiger charge is -2.09. The third-order valence-electron chi connectivity index (χ3n) is 3.15. The van der Waals surface area contributed by atoms with Crippen LogP contribution in [0.4, 0.5) is 5.82 Å². The smallest absolute Gasteiger partial charge is 0.142 e. The van der Waals surface area contributed by atoms with E-state index in [-0.39, 0.29) is 0 Å². The van der Waals surface area contributed by atoms with E-state index in [2.05, 4.69) is 35.1 Å². The highest BCUT2D eigenvalue weighted by atomic mass is 32.2. The number of rotatable bonds is 4. The summed E-state index contributed by atoms with van der Waals surface area (Å²) in [6.07, 6.45) is 1.97. The predicted molar refractivity (Wildman–Crippen MR) is 85.9 cm³/mol. The van der Waals surface area contributed by atoms with Crippen molar-refractivity contribution in [1.29, 1.82) is 0 Å². The number of nitrogens with zero attached hydrogens (tertiary/aromatic N) is 2. The Kier molecular flexibility index (Phi) is 4.08. The maximum atomic E-state index is 5.17. The van der Waals surface area contributed by atoms with E-state index < -0.39 is 0 Å². The van der Waals surface area contributed by atoms with E-state index in [9.17, 15) is 0 Å². The molecule has 0 bridgehead atoms. The quantitative estimate of drug-likeness (QED) is 0.798. The lowest BCUT2D eigenvalue weighted by atomic mass is 10.2. The Balaban J connectivity index is 1.66. The minimum Gasteiger partial charge on any atom is -0.497 e. The highest BCUT2D eigenvalue weighted by Crippen LogP contribution is 2.38. The van der Waals surface area contributed by atoms with Crippen molar-refractivity contribution in [3.63, 3.8) is 0 Å². The van der Waals surface area contributed by atoms with E-state index in [0.717, 1.165) is 23.2 Å². The molecule has 104 valence electrons. The van der Waals surface area contributed by atoms with Crippen molar-refractivity contribution >= 4 is 29.3 Å². The van der Waals surface area contributed by atoms with Gasteiger partial charge in [0.25, 0.3) is 0 Å². The fraction of sp³-hybridized carbons (Fsp3) is 0.267. The van der Waals surface area contributed by atoms with Crippen LogP contribution < -0.4 is 9.64 Å². The van der Waals surface area contributed by atoms with Crippen LogP contribution in [-0.2, 0) is 5.75 Å². The molecule has 0 amide bonds.